The molecule has 32 heavy (non-hydrogen) atoms. The maximum absolute atomic E-state index is 12.3. The van der Waals surface area contributed by atoms with Gasteiger partial charge in [0.15, 0.2) is 0 Å². The van der Waals surface area contributed by atoms with Crippen molar-refractivity contribution in [3.05, 3.63) is 111 Å². The third-order valence-electron chi connectivity index (χ3n) is 4.78. The molecule has 0 fully saturated rings. The van der Waals surface area contributed by atoms with E-state index in [0.717, 1.165) is 23.1 Å². The van der Waals surface area contributed by atoms with Crippen LogP contribution in [0, 0.1) is 10.1 Å². The number of hydrogen-bond acceptors (Lipinski definition) is 4. The van der Waals surface area contributed by atoms with Gasteiger partial charge in [-0.3, -0.25) is 14.9 Å². The number of rotatable bonds is 9. The molecule has 3 aromatic rings. The standard InChI is InChI=1S/C24H24N4O4/c29-23(21-9-11-22(12-10-21)28(31)32)26-16-19-7-4-8-20(15-19)17-27-24(30)25-14-13-18-5-2-1-3-6-18/h1-12,15H,13-14,16-17H2,(H,26,29)(H2,25,27,30). The topological polar surface area (TPSA) is 113 Å². The summed E-state index contributed by atoms with van der Waals surface area (Å²) in [7, 11) is 0. The summed E-state index contributed by atoms with van der Waals surface area (Å²) in [6.45, 7) is 1.21. The Morgan fingerprint density at radius 1 is 0.750 bits per heavy atom. The minimum absolute atomic E-state index is 0.0640. The van der Waals surface area contributed by atoms with E-state index in [1.54, 1.807) is 0 Å². The summed E-state index contributed by atoms with van der Waals surface area (Å²) >= 11 is 0. The van der Waals surface area contributed by atoms with Gasteiger partial charge in [0.25, 0.3) is 11.6 Å². The van der Waals surface area contributed by atoms with Crippen LogP contribution in [0.2, 0.25) is 0 Å². The Hall–Kier alpha value is -4.20. The van der Waals surface area contributed by atoms with Gasteiger partial charge in [0, 0.05) is 37.3 Å². The van der Waals surface area contributed by atoms with E-state index in [1.165, 1.54) is 24.3 Å². The molecule has 0 atom stereocenters. The van der Waals surface area contributed by atoms with Crippen LogP contribution >= 0.6 is 0 Å². The van der Waals surface area contributed by atoms with E-state index in [0.29, 0.717) is 25.2 Å². The lowest BCUT2D eigenvalue weighted by Gasteiger charge is -2.10. The van der Waals surface area contributed by atoms with E-state index >= 15 is 0 Å². The van der Waals surface area contributed by atoms with Gasteiger partial charge in [0.1, 0.15) is 0 Å². The Balaban J connectivity index is 1.42. The number of benzene rings is 3. The van der Waals surface area contributed by atoms with Crippen LogP contribution < -0.4 is 16.0 Å². The molecule has 3 amide bonds. The van der Waals surface area contributed by atoms with Crippen molar-refractivity contribution in [3.8, 4) is 0 Å². The summed E-state index contributed by atoms with van der Waals surface area (Å²) in [5.41, 5.74) is 3.23. The third-order valence-corrected chi connectivity index (χ3v) is 4.78. The van der Waals surface area contributed by atoms with Crippen LogP contribution in [0.15, 0.2) is 78.9 Å². The molecule has 0 unspecified atom stereocenters. The molecule has 0 aromatic heterocycles. The van der Waals surface area contributed by atoms with E-state index in [-0.39, 0.29) is 17.6 Å². The zero-order chi connectivity index (χ0) is 22.8. The van der Waals surface area contributed by atoms with Crippen LogP contribution in [0.4, 0.5) is 10.5 Å². The van der Waals surface area contributed by atoms with Gasteiger partial charge in [-0.15, -0.1) is 0 Å². The van der Waals surface area contributed by atoms with Crippen molar-refractivity contribution in [2.75, 3.05) is 6.54 Å². The fraction of sp³-hybridized carbons (Fsp3) is 0.167. The van der Waals surface area contributed by atoms with Crippen molar-refractivity contribution in [3.63, 3.8) is 0 Å². The number of carbonyl (C=O) groups is 2. The van der Waals surface area contributed by atoms with Crippen molar-refractivity contribution < 1.29 is 14.5 Å². The van der Waals surface area contributed by atoms with Gasteiger partial charge < -0.3 is 16.0 Å². The smallest absolute Gasteiger partial charge is 0.315 e. The molecule has 0 aliphatic heterocycles. The van der Waals surface area contributed by atoms with Gasteiger partial charge in [0.05, 0.1) is 4.92 Å². The number of nitro benzene ring substituents is 1. The average Bonchev–Trinajstić information content (AvgIpc) is 2.82. The Kier molecular flexibility index (Phi) is 7.91. The van der Waals surface area contributed by atoms with Crippen molar-refractivity contribution >= 4 is 17.6 Å². The molecule has 0 saturated heterocycles. The fourth-order valence-electron chi connectivity index (χ4n) is 3.08. The summed E-state index contributed by atoms with van der Waals surface area (Å²) in [5.74, 6) is -0.318. The largest absolute Gasteiger partial charge is 0.348 e. The van der Waals surface area contributed by atoms with E-state index < -0.39 is 4.92 Å². The highest BCUT2D eigenvalue weighted by Gasteiger charge is 2.09. The molecular formula is C24H24N4O4. The first-order valence-corrected chi connectivity index (χ1v) is 10.2. The number of nitrogens with zero attached hydrogens (tertiary/aromatic N) is 1. The summed E-state index contributed by atoms with van der Waals surface area (Å²) < 4.78 is 0. The molecule has 0 aliphatic rings. The van der Waals surface area contributed by atoms with Crippen molar-refractivity contribution in [2.24, 2.45) is 0 Å². The Labute approximate surface area is 185 Å². The normalized spacial score (nSPS) is 10.2. The van der Waals surface area contributed by atoms with E-state index in [2.05, 4.69) is 16.0 Å². The van der Waals surface area contributed by atoms with Gasteiger partial charge in [0.2, 0.25) is 0 Å². The molecule has 0 heterocycles. The number of nitro groups is 1. The van der Waals surface area contributed by atoms with Gasteiger partial charge in [-0.25, -0.2) is 4.79 Å². The summed E-state index contributed by atoms with van der Waals surface area (Å²) in [6.07, 6.45) is 0.762. The minimum Gasteiger partial charge on any atom is -0.348 e. The number of amides is 3. The monoisotopic (exact) mass is 432 g/mol. The minimum atomic E-state index is -0.509. The van der Waals surface area contributed by atoms with Gasteiger partial charge in [-0.05, 0) is 35.2 Å². The lowest BCUT2D eigenvalue weighted by Crippen LogP contribution is -2.36. The molecule has 8 heteroatoms. The highest BCUT2D eigenvalue weighted by molar-refractivity contribution is 5.94. The maximum atomic E-state index is 12.3. The number of urea groups is 1. The van der Waals surface area contributed by atoms with Crippen LogP contribution in [0.3, 0.4) is 0 Å². The molecule has 3 N–H and O–H groups in total. The maximum Gasteiger partial charge on any atom is 0.315 e. The molecule has 0 spiro atoms. The van der Waals surface area contributed by atoms with Crippen LogP contribution in [-0.2, 0) is 19.5 Å². The molecule has 8 nitrogen and oxygen atoms in total. The molecule has 0 aliphatic carbocycles. The molecule has 0 radical (unpaired) electrons. The predicted octanol–water partition coefficient (Wildman–Crippen LogP) is 3.57. The average molecular weight is 432 g/mol. The molecule has 3 aromatic carbocycles. The van der Waals surface area contributed by atoms with E-state index in [1.807, 2.05) is 54.6 Å². The number of hydrogen-bond donors (Lipinski definition) is 3. The lowest BCUT2D eigenvalue weighted by atomic mass is 10.1. The van der Waals surface area contributed by atoms with Crippen LogP contribution in [0.5, 0.6) is 0 Å². The molecule has 3 rings (SSSR count). The fourth-order valence-corrected chi connectivity index (χ4v) is 3.08. The Morgan fingerprint density at radius 3 is 2.03 bits per heavy atom. The second kappa shape index (κ2) is 11.3. The first kappa shape index (κ1) is 22.5. The lowest BCUT2D eigenvalue weighted by molar-refractivity contribution is -0.384. The molecule has 164 valence electrons. The first-order chi connectivity index (χ1) is 15.5. The second-order valence-electron chi connectivity index (χ2n) is 7.15. The quantitative estimate of drug-likeness (QED) is 0.354. The molecule has 0 saturated carbocycles. The summed E-state index contributed by atoms with van der Waals surface area (Å²) in [4.78, 5) is 34.5. The van der Waals surface area contributed by atoms with Crippen molar-refractivity contribution in [2.45, 2.75) is 19.5 Å². The van der Waals surface area contributed by atoms with E-state index in [9.17, 15) is 19.7 Å². The highest BCUT2D eigenvalue weighted by atomic mass is 16.6. The Morgan fingerprint density at radius 2 is 1.38 bits per heavy atom. The summed E-state index contributed by atoms with van der Waals surface area (Å²) in [5, 5.41) is 19.2. The SMILES string of the molecule is O=C(NCCc1ccccc1)NCc1cccc(CNC(=O)c2ccc([N+](=O)[O-])cc2)c1. The third kappa shape index (κ3) is 6.94. The van der Waals surface area contributed by atoms with Crippen LogP contribution in [0.25, 0.3) is 0 Å². The van der Waals surface area contributed by atoms with Gasteiger partial charge in [-0.1, -0.05) is 54.6 Å². The second-order valence-corrected chi connectivity index (χ2v) is 7.15. The number of nitrogens with one attached hydrogen (secondary N) is 3. The van der Waals surface area contributed by atoms with Gasteiger partial charge >= 0.3 is 6.03 Å². The zero-order valence-corrected chi connectivity index (χ0v) is 17.4. The van der Waals surface area contributed by atoms with Crippen LogP contribution in [-0.4, -0.2) is 23.4 Å². The highest BCUT2D eigenvalue weighted by Crippen LogP contribution is 2.12. The number of non-ortho nitro benzene ring substituents is 1. The first-order valence-electron chi connectivity index (χ1n) is 10.2. The van der Waals surface area contributed by atoms with Crippen LogP contribution in [0.1, 0.15) is 27.0 Å². The Bertz CT molecular complexity index is 1070. The predicted molar refractivity (Wildman–Crippen MR) is 121 cm³/mol. The van der Waals surface area contributed by atoms with Gasteiger partial charge in [-0.2, -0.15) is 0 Å². The zero-order valence-electron chi connectivity index (χ0n) is 17.4. The van der Waals surface area contributed by atoms with Crippen molar-refractivity contribution in [1.82, 2.24) is 16.0 Å². The molecular weight excluding hydrogens is 408 g/mol. The molecule has 0 bridgehead atoms. The number of carbonyl (C=O) groups excluding carboxylic acids is 2. The summed E-state index contributed by atoms with van der Waals surface area (Å²) in [6, 6.07) is 22.7. The van der Waals surface area contributed by atoms with Crippen molar-refractivity contribution in [1.29, 1.82) is 0 Å². The van der Waals surface area contributed by atoms with E-state index in [4.69, 9.17) is 0 Å².